The molecule has 1 unspecified atom stereocenters. The largest absolute Gasteiger partial charge is 0.328 e. The lowest BCUT2D eigenvalue weighted by Gasteiger charge is -2.22. The molecule has 2 aromatic carbocycles. The summed E-state index contributed by atoms with van der Waals surface area (Å²) in [5, 5.41) is 2.49. The highest BCUT2D eigenvalue weighted by molar-refractivity contribution is 7.13. The second-order valence-electron chi connectivity index (χ2n) is 7.35. The van der Waals surface area contributed by atoms with Gasteiger partial charge in [-0.3, -0.25) is 9.69 Å². The van der Waals surface area contributed by atoms with Gasteiger partial charge < -0.3 is 4.90 Å². The van der Waals surface area contributed by atoms with Crippen molar-refractivity contribution in [1.82, 2.24) is 24.8 Å². The summed E-state index contributed by atoms with van der Waals surface area (Å²) in [6.07, 6.45) is 3.31. The highest BCUT2D eigenvalue weighted by Gasteiger charge is 2.45. The van der Waals surface area contributed by atoms with Gasteiger partial charge in [-0.1, -0.05) is 60.7 Å². The van der Waals surface area contributed by atoms with Crippen LogP contribution in [0.5, 0.6) is 0 Å². The number of imide groups is 1. The van der Waals surface area contributed by atoms with Gasteiger partial charge in [0.15, 0.2) is 10.8 Å². The van der Waals surface area contributed by atoms with E-state index in [1.807, 2.05) is 66.0 Å². The van der Waals surface area contributed by atoms with Crippen LogP contribution in [-0.2, 0) is 17.9 Å². The summed E-state index contributed by atoms with van der Waals surface area (Å²) in [4.78, 5) is 42.7. The molecule has 0 bridgehead atoms. The molecule has 7 nitrogen and oxygen atoms in total. The maximum absolute atomic E-state index is 13.4. The van der Waals surface area contributed by atoms with Crippen molar-refractivity contribution in [1.29, 1.82) is 0 Å². The van der Waals surface area contributed by atoms with Crippen LogP contribution >= 0.6 is 11.3 Å². The molecule has 0 saturated carbocycles. The Morgan fingerprint density at radius 1 is 0.844 bits per heavy atom. The molecule has 1 atom stereocenters. The zero-order chi connectivity index (χ0) is 21.9. The van der Waals surface area contributed by atoms with E-state index in [1.165, 1.54) is 16.2 Å². The van der Waals surface area contributed by atoms with Gasteiger partial charge in [-0.25, -0.2) is 19.7 Å². The van der Waals surface area contributed by atoms with Crippen LogP contribution in [0.3, 0.4) is 0 Å². The highest BCUT2D eigenvalue weighted by atomic mass is 32.1. The summed E-state index contributed by atoms with van der Waals surface area (Å²) in [5.74, 6) is 0.276. The van der Waals surface area contributed by atoms with E-state index in [-0.39, 0.29) is 18.5 Å². The fourth-order valence-electron chi connectivity index (χ4n) is 3.74. The molecule has 158 valence electrons. The van der Waals surface area contributed by atoms with Gasteiger partial charge >= 0.3 is 6.03 Å². The molecule has 0 spiro atoms. The van der Waals surface area contributed by atoms with Crippen LogP contribution in [0.25, 0.3) is 10.8 Å². The molecular weight excluding hydrogens is 422 g/mol. The van der Waals surface area contributed by atoms with Crippen molar-refractivity contribution in [3.63, 3.8) is 0 Å². The Bertz CT molecular complexity index is 1230. The van der Waals surface area contributed by atoms with Gasteiger partial charge in [0.1, 0.15) is 6.04 Å². The second-order valence-corrected chi connectivity index (χ2v) is 8.21. The van der Waals surface area contributed by atoms with Crippen LogP contribution in [0, 0.1) is 0 Å². The quantitative estimate of drug-likeness (QED) is 0.417. The summed E-state index contributed by atoms with van der Waals surface area (Å²) >= 11 is 1.39. The topological polar surface area (TPSA) is 79.3 Å². The van der Waals surface area contributed by atoms with Crippen molar-refractivity contribution in [2.45, 2.75) is 19.1 Å². The SMILES string of the molecule is O=C1C(c2ccccc2)N(Cc2ccccc2)C(=O)N1Cc1csc(-c2ncccn2)n1. The molecule has 3 amide bonds. The summed E-state index contributed by atoms with van der Waals surface area (Å²) in [6.45, 7) is 0.456. The summed E-state index contributed by atoms with van der Waals surface area (Å²) in [6, 6.07) is 19.9. The van der Waals surface area contributed by atoms with Gasteiger partial charge in [-0.05, 0) is 17.2 Å². The van der Waals surface area contributed by atoms with Gasteiger partial charge in [-0.2, -0.15) is 0 Å². The molecule has 2 aromatic heterocycles. The molecule has 1 saturated heterocycles. The number of amides is 3. The zero-order valence-corrected chi connectivity index (χ0v) is 17.9. The molecule has 0 radical (unpaired) electrons. The van der Waals surface area contributed by atoms with Gasteiger partial charge in [0, 0.05) is 24.3 Å². The van der Waals surface area contributed by atoms with Crippen LogP contribution in [0.4, 0.5) is 4.79 Å². The van der Waals surface area contributed by atoms with E-state index in [0.29, 0.717) is 23.1 Å². The number of urea groups is 1. The van der Waals surface area contributed by atoms with Gasteiger partial charge in [-0.15, -0.1) is 11.3 Å². The monoisotopic (exact) mass is 441 g/mol. The van der Waals surface area contributed by atoms with Crippen molar-refractivity contribution in [3.8, 4) is 10.8 Å². The number of carbonyl (C=O) groups excluding carboxylic acids is 2. The number of thiazole rings is 1. The Morgan fingerprint density at radius 2 is 1.53 bits per heavy atom. The third-order valence-electron chi connectivity index (χ3n) is 5.23. The first-order valence-corrected chi connectivity index (χ1v) is 11.0. The Labute approximate surface area is 189 Å². The predicted molar refractivity (Wildman–Crippen MR) is 120 cm³/mol. The van der Waals surface area contributed by atoms with Crippen LogP contribution < -0.4 is 0 Å². The number of hydrogen-bond acceptors (Lipinski definition) is 6. The maximum atomic E-state index is 13.4. The fourth-order valence-corrected chi connectivity index (χ4v) is 4.49. The molecule has 0 N–H and O–H groups in total. The smallest absolute Gasteiger partial charge is 0.304 e. The van der Waals surface area contributed by atoms with Crippen molar-refractivity contribution in [3.05, 3.63) is 101 Å². The molecule has 32 heavy (non-hydrogen) atoms. The summed E-state index contributed by atoms with van der Waals surface area (Å²) in [7, 11) is 0. The number of nitrogens with zero attached hydrogens (tertiary/aromatic N) is 5. The minimum Gasteiger partial charge on any atom is -0.304 e. The van der Waals surface area contributed by atoms with Gasteiger partial charge in [0.05, 0.1) is 12.2 Å². The third kappa shape index (κ3) is 3.88. The molecule has 0 aliphatic carbocycles. The minimum atomic E-state index is -0.667. The van der Waals surface area contributed by atoms with E-state index in [0.717, 1.165) is 11.1 Å². The second kappa shape index (κ2) is 8.68. The predicted octanol–water partition coefficient (Wildman–Crippen LogP) is 4.31. The molecule has 5 rings (SSSR count). The van der Waals surface area contributed by atoms with Crippen molar-refractivity contribution in [2.75, 3.05) is 0 Å². The van der Waals surface area contributed by atoms with Crippen LogP contribution in [0.2, 0.25) is 0 Å². The Morgan fingerprint density at radius 3 is 2.25 bits per heavy atom. The lowest BCUT2D eigenvalue weighted by atomic mass is 10.1. The first-order valence-electron chi connectivity index (χ1n) is 10.1. The Hall–Kier alpha value is -3.91. The molecule has 4 aromatic rings. The van der Waals surface area contributed by atoms with Crippen LogP contribution in [0.15, 0.2) is 84.5 Å². The van der Waals surface area contributed by atoms with Crippen molar-refractivity contribution >= 4 is 23.3 Å². The zero-order valence-electron chi connectivity index (χ0n) is 17.0. The summed E-state index contributed by atoms with van der Waals surface area (Å²) in [5.41, 5.74) is 2.39. The van der Waals surface area contributed by atoms with Gasteiger partial charge in [0.2, 0.25) is 0 Å². The highest BCUT2D eigenvalue weighted by Crippen LogP contribution is 2.33. The van der Waals surface area contributed by atoms with E-state index >= 15 is 0 Å². The third-order valence-corrected chi connectivity index (χ3v) is 6.12. The molecule has 1 aliphatic rings. The number of aromatic nitrogens is 3. The van der Waals surface area contributed by atoms with E-state index in [2.05, 4.69) is 15.0 Å². The van der Waals surface area contributed by atoms with E-state index < -0.39 is 6.04 Å². The van der Waals surface area contributed by atoms with Crippen molar-refractivity contribution < 1.29 is 9.59 Å². The first kappa shape index (κ1) is 20.0. The lowest BCUT2D eigenvalue weighted by molar-refractivity contribution is -0.129. The molecular formula is C24H19N5O2S. The standard InChI is InChI=1S/C24H19N5O2S/c30-23-20(18-10-5-2-6-11-18)28(14-17-8-3-1-4-9-17)24(31)29(23)15-19-16-32-22(27-19)21-25-12-7-13-26-21/h1-13,16,20H,14-15H2. The molecule has 3 heterocycles. The Kier molecular flexibility index (Phi) is 5.43. The lowest BCUT2D eigenvalue weighted by Crippen LogP contribution is -2.32. The number of benzene rings is 2. The first-order chi connectivity index (χ1) is 15.7. The maximum Gasteiger partial charge on any atom is 0.328 e. The molecule has 8 heteroatoms. The van der Waals surface area contributed by atoms with E-state index in [9.17, 15) is 9.59 Å². The van der Waals surface area contributed by atoms with E-state index in [1.54, 1.807) is 23.4 Å². The minimum absolute atomic E-state index is 0.107. The number of rotatable bonds is 6. The van der Waals surface area contributed by atoms with Crippen LogP contribution in [0.1, 0.15) is 22.9 Å². The molecule has 1 aliphatic heterocycles. The number of hydrogen-bond donors (Lipinski definition) is 0. The van der Waals surface area contributed by atoms with Gasteiger partial charge in [0.25, 0.3) is 5.91 Å². The molecule has 1 fully saturated rings. The average molecular weight is 442 g/mol. The normalized spacial score (nSPS) is 16.1. The average Bonchev–Trinajstić information content (AvgIpc) is 3.40. The fraction of sp³-hybridized carbons (Fsp3) is 0.125. The van der Waals surface area contributed by atoms with Crippen LogP contribution in [-0.4, -0.2) is 36.7 Å². The summed E-state index contributed by atoms with van der Waals surface area (Å²) < 4.78 is 0. The number of carbonyl (C=O) groups is 2. The van der Waals surface area contributed by atoms with Crippen molar-refractivity contribution in [2.24, 2.45) is 0 Å². The Balaban J connectivity index is 1.43. The van der Waals surface area contributed by atoms with E-state index in [4.69, 9.17) is 0 Å².